The first kappa shape index (κ1) is 20.0. The molecule has 0 aliphatic carbocycles. The van der Waals surface area contributed by atoms with Crippen molar-refractivity contribution in [1.82, 2.24) is 19.7 Å². The standard InChI is InChI=1S/C19H20BrN5S3/c20-14-4-3-6-15(10-14)22-18-23-25(19(26)28-18)13-24(17-7-9-27-12-17)11-16-5-1-2-8-21-16/h1-6,8,10,17H,7,9,11-13H2,(H,22,23). The number of thioether (sulfide) groups is 1. The van der Waals surface area contributed by atoms with E-state index in [2.05, 4.69) is 37.2 Å². The third kappa shape index (κ3) is 5.21. The quantitative estimate of drug-likeness (QED) is 0.435. The Labute approximate surface area is 186 Å². The molecular weight excluding hydrogens is 474 g/mol. The normalized spacial score (nSPS) is 16.6. The molecule has 1 atom stereocenters. The zero-order chi connectivity index (χ0) is 19.3. The molecule has 0 amide bonds. The molecule has 1 aliphatic heterocycles. The maximum Gasteiger partial charge on any atom is 0.209 e. The second kappa shape index (κ2) is 9.49. The SMILES string of the molecule is S=c1sc(Nc2cccc(Br)c2)nn1CN(Cc1ccccn1)C1CCSC1. The minimum atomic E-state index is 0.525. The number of hydrogen-bond acceptors (Lipinski definition) is 7. The molecule has 1 unspecified atom stereocenters. The molecule has 1 fully saturated rings. The molecule has 9 heteroatoms. The van der Waals surface area contributed by atoms with Crippen LogP contribution in [0.1, 0.15) is 12.1 Å². The smallest absolute Gasteiger partial charge is 0.209 e. The summed E-state index contributed by atoms with van der Waals surface area (Å²) in [5.41, 5.74) is 2.07. The van der Waals surface area contributed by atoms with Gasteiger partial charge in [0.1, 0.15) is 0 Å². The Balaban J connectivity index is 1.51. The Bertz CT molecular complexity index is 969. The minimum Gasteiger partial charge on any atom is -0.330 e. The van der Waals surface area contributed by atoms with Crippen LogP contribution in [-0.2, 0) is 13.2 Å². The molecule has 3 heterocycles. The van der Waals surface area contributed by atoms with E-state index >= 15 is 0 Å². The fourth-order valence-electron chi connectivity index (χ4n) is 3.11. The van der Waals surface area contributed by atoms with Gasteiger partial charge in [0, 0.05) is 34.7 Å². The first-order valence-electron chi connectivity index (χ1n) is 8.99. The molecule has 0 radical (unpaired) electrons. The van der Waals surface area contributed by atoms with Crippen molar-refractivity contribution in [3.05, 3.63) is 62.8 Å². The lowest BCUT2D eigenvalue weighted by molar-refractivity contribution is 0.145. The van der Waals surface area contributed by atoms with Crippen molar-refractivity contribution in [2.45, 2.75) is 25.7 Å². The highest BCUT2D eigenvalue weighted by Crippen LogP contribution is 2.26. The lowest BCUT2D eigenvalue weighted by atomic mass is 10.2. The van der Waals surface area contributed by atoms with Crippen molar-refractivity contribution in [1.29, 1.82) is 0 Å². The summed E-state index contributed by atoms with van der Waals surface area (Å²) in [7, 11) is 0. The Morgan fingerprint density at radius 2 is 2.21 bits per heavy atom. The Morgan fingerprint density at radius 1 is 1.29 bits per heavy atom. The van der Waals surface area contributed by atoms with Crippen molar-refractivity contribution in [2.75, 3.05) is 16.8 Å². The second-order valence-corrected chi connectivity index (χ2v) is 10.2. The Hall–Kier alpha value is -1.26. The van der Waals surface area contributed by atoms with Crippen molar-refractivity contribution < 1.29 is 0 Å². The van der Waals surface area contributed by atoms with Gasteiger partial charge >= 0.3 is 0 Å². The molecule has 4 rings (SSSR count). The van der Waals surface area contributed by atoms with Crippen LogP contribution in [0.5, 0.6) is 0 Å². The molecular formula is C19H20BrN5S3. The van der Waals surface area contributed by atoms with Gasteiger partial charge in [-0.05, 0) is 54.7 Å². The molecule has 0 bridgehead atoms. The number of rotatable bonds is 7. The van der Waals surface area contributed by atoms with E-state index in [1.807, 2.05) is 59.0 Å². The number of nitrogens with zero attached hydrogens (tertiary/aromatic N) is 4. The van der Waals surface area contributed by atoms with Crippen LogP contribution in [0.25, 0.3) is 0 Å². The van der Waals surface area contributed by atoms with E-state index < -0.39 is 0 Å². The van der Waals surface area contributed by atoms with Crippen LogP contribution in [0.3, 0.4) is 0 Å². The van der Waals surface area contributed by atoms with Gasteiger partial charge in [-0.2, -0.15) is 11.8 Å². The van der Waals surface area contributed by atoms with Crippen molar-refractivity contribution in [3.63, 3.8) is 0 Å². The maximum atomic E-state index is 5.59. The van der Waals surface area contributed by atoms with Crippen LogP contribution < -0.4 is 5.32 Å². The minimum absolute atomic E-state index is 0.525. The van der Waals surface area contributed by atoms with Crippen molar-refractivity contribution in [3.8, 4) is 0 Å². The predicted octanol–water partition coefficient (Wildman–Crippen LogP) is 5.54. The van der Waals surface area contributed by atoms with Gasteiger partial charge in [-0.3, -0.25) is 9.88 Å². The van der Waals surface area contributed by atoms with Crippen molar-refractivity contribution in [2.24, 2.45) is 0 Å². The molecule has 1 aliphatic rings. The Kier molecular flexibility index (Phi) is 6.79. The number of hydrogen-bond donors (Lipinski definition) is 1. The summed E-state index contributed by atoms with van der Waals surface area (Å²) < 4.78 is 3.72. The van der Waals surface area contributed by atoms with Crippen LogP contribution in [0, 0.1) is 3.95 Å². The third-order valence-corrected chi connectivity index (χ3v) is 7.37. The highest BCUT2D eigenvalue weighted by Gasteiger charge is 2.24. The predicted molar refractivity (Wildman–Crippen MR) is 124 cm³/mol. The van der Waals surface area contributed by atoms with E-state index in [0.717, 1.165) is 37.2 Å². The molecule has 0 spiro atoms. The summed E-state index contributed by atoms with van der Waals surface area (Å²) in [5, 5.41) is 8.88. The molecule has 28 heavy (non-hydrogen) atoms. The fraction of sp³-hybridized carbons (Fsp3) is 0.316. The topological polar surface area (TPSA) is 46.0 Å². The highest BCUT2D eigenvalue weighted by atomic mass is 79.9. The molecule has 1 aromatic carbocycles. The van der Waals surface area contributed by atoms with E-state index in [1.165, 1.54) is 23.5 Å². The highest BCUT2D eigenvalue weighted by molar-refractivity contribution is 9.10. The molecule has 1 N–H and O–H groups in total. The van der Waals surface area contributed by atoms with E-state index in [0.29, 0.717) is 12.7 Å². The van der Waals surface area contributed by atoms with Crippen LogP contribution in [0.15, 0.2) is 53.1 Å². The lowest BCUT2D eigenvalue weighted by Gasteiger charge is -2.27. The lowest BCUT2D eigenvalue weighted by Crippen LogP contribution is -2.37. The van der Waals surface area contributed by atoms with Gasteiger partial charge in [-0.25, -0.2) is 4.68 Å². The van der Waals surface area contributed by atoms with E-state index in [-0.39, 0.29) is 0 Å². The number of benzene rings is 1. The van der Waals surface area contributed by atoms with Crippen LogP contribution in [-0.4, -0.2) is 37.2 Å². The largest absolute Gasteiger partial charge is 0.330 e. The monoisotopic (exact) mass is 493 g/mol. The number of anilines is 2. The summed E-state index contributed by atoms with van der Waals surface area (Å²) in [6.07, 6.45) is 3.05. The number of aromatic nitrogens is 3. The molecule has 0 saturated carbocycles. The maximum absolute atomic E-state index is 5.59. The van der Waals surface area contributed by atoms with Crippen molar-refractivity contribution >= 4 is 62.1 Å². The van der Waals surface area contributed by atoms with Gasteiger partial charge in [0.25, 0.3) is 0 Å². The molecule has 3 aromatic rings. The molecule has 2 aromatic heterocycles. The average Bonchev–Trinajstić information content (AvgIpc) is 3.33. The summed E-state index contributed by atoms with van der Waals surface area (Å²) in [6.45, 7) is 1.48. The average molecular weight is 495 g/mol. The number of halogens is 1. The third-order valence-electron chi connectivity index (χ3n) is 4.51. The van der Waals surface area contributed by atoms with Crippen LogP contribution in [0.4, 0.5) is 10.8 Å². The van der Waals surface area contributed by atoms with E-state index in [9.17, 15) is 0 Å². The first-order chi connectivity index (χ1) is 13.7. The van der Waals surface area contributed by atoms with Gasteiger partial charge < -0.3 is 5.32 Å². The van der Waals surface area contributed by atoms with Gasteiger partial charge in [0.2, 0.25) is 5.13 Å². The summed E-state index contributed by atoms with van der Waals surface area (Å²) in [4.78, 5) is 6.95. The van der Waals surface area contributed by atoms with Crippen LogP contribution >= 0.6 is 51.2 Å². The summed E-state index contributed by atoms with van der Waals surface area (Å²) >= 11 is 12.6. The zero-order valence-electron chi connectivity index (χ0n) is 15.1. The molecule has 146 valence electrons. The second-order valence-electron chi connectivity index (χ2n) is 6.53. The fourth-order valence-corrected chi connectivity index (χ4v) is 5.78. The van der Waals surface area contributed by atoms with Gasteiger partial charge in [-0.1, -0.05) is 39.4 Å². The van der Waals surface area contributed by atoms with E-state index in [4.69, 9.17) is 17.3 Å². The van der Waals surface area contributed by atoms with Gasteiger partial charge in [0.05, 0.1) is 12.4 Å². The van der Waals surface area contributed by atoms with Gasteiger partial charge in [0.15, 0.2) is 3.95 Å². The van der Waals surface area contributed by atoms with E-state index in [1.54, 1.807) is 0 Å². The summed E-state index contributed by atoms with van der Waals surface area (Å²) in [6, 6.07) is 14.6. The molecule has 1 saturated heterocycles. The van der Waals surface area contributed by atoms with Crippen LogP contribution in [0.2, 0.25) is 0 Å². The zero-order valence-corrected chi connectivity index (χ0v) is 19.2. The number of pyridine rings is 1. The summed E-state index contributed by atoms with van der Waals surface area (Å²) in [5.74, 6) is 2.36. The number of nitrogens with one attached hydrogen (secondary N) is 1. The first-order valence-corrected chi connectivity index (χ1v) is 12.2. The Morgan fingerprint density at radius 3 is 2.96 bits per heavy atom. The molecule has 5 nitrogen and oxygen atoms in total. The van der Waals surface area contributed by atoms with Gasteiger partial charge in [-0.15, -0.1) is 5.10 Å².